The molecule has 0 saturated heterocycles. The topological polar surface area (TPSA) is 17.8 Å². The van der Waals surface area contributed by atoms with E-state index < -0.39 is 17.5 Å². The van der Waals surface area contributed by atoms with Gasteiger partial charge in [0.1, 0.15) is 0 Å². The maximum absolute atomic E-state index is 13.3. The molecule has 0 atom stereocenters. The van der Waals surface area contributed by atoms with Crippen LogP contribution in [0.4, 0.5) is 13.2 Å². The SMILES string of the molecule is CCCc1c(CBr)cnn1-c1cc(F)c(F)c(F)c1. The molecule has 0 spiro atoms. The summed E-state index contributed by atoms with van der Waals surface area (Å²) >= 11 is 3.34. The van der Waals surface area contributed by atoms with Gasteiger partial charge < -0.3 is 0 Å². The van der Waals surface area contributed by atoms with Gasteiger partial charge in [0, 0.05) is 28.7 Å². The van der Waals surface area contributed by atoms with Gasteiger partial charge in [-0.15, -0.1) is 0 Å². The molecule has 0 N–H and O–H groups in total. The molecule has 6 heteroatoms. The second-order valence-electron chi connectivity index (χ2n) is 4.14. The van der Waals surface area contributed by atoms with E-state index >= 15 is 0 Å². The van der Waals surface area contributed by atoms with Crippen molar-refractivity contribution in [1.82, 2.24) is 9.78 Å². The molecule has 0 aliphatic rings. The van der Waals surface area contributed by atoms with E-state index in [1.54, 1.807) is 6.20 Å². The van der Waals surface area contributed by atoms with Crippen molar-refractivity contribution in [3.05, 3.63) is 47.0 Å². The summed E-state index contributed by atoms with van der Waals surface area (Å²) in [6, 6.07) is 1.89. The van der Waals surface area contributed by atoms with E-state index in [1.807, 2.05) is 6.92 Å². The van der Waals surface area contributed by atoms with E-state index in [-0.39, 0.29) is 5.69 Å². The highest BCUT2D eigenvalue weighted by Gasteiger charge is 2.15. The number of rotatable bonds is 4. The molecule has 0 bridgehead atoms. The molecule has 0 aliphatic heterocycles. The monoisotopic (exact) mass is 332 g/mol. The minimum Gasteiger partial charge on any atom is -0.237 e. The van der Waals surface area contributed by atoms with E-state index in [2.05, 4.69) is 21.0 Å². The van der Waals surface area contributed by atoms with Crippen LogP contribution in [0.15, 0.2) is 18.3 Å². The molecule has 19 heavy (non-hydrogen) atoms. The van der Waals surface area contributed by atoms with Crippen molar-refractivity contribution in [2.24, 2.45) is 0 Å². The van der Waals surface area contributed by atoms with Gasteiger partial charge >= 0.3 is 0 Å². The Hall–Kier alpha value is -1.30. The molecule has 102 valence electrons. The molecule has 2 rings (SSSR count). The fourth-order valence-electron chi connectivity index (χ4n) is 1.91. The van der Waals surface area contributed by atoms with Crippen molar-refractivity contribution in [1.29, 1.82) is 0 Å². The Kier molecular flexibility index (Phi) is 4.29. The molecule has 0 saturated carbocycles. The van der Waals surface area contributed by atoms with Crippen molar-refractivity contribution >= 4 is 15.9 Å². The van der Waals surface area contributed by atoms with Crippen LogP contribution in [0.25, 0.3) is 5.69 Å². The molecule has 1 aromatic carbocycles. The Bertz CT molecular complexity index is 573. The summed E-state index contributed by atoms with van der Waals surface area (Å²) in [5, 5.41) is 4.72. The number of alkyl halides is 1. The quantitative estimate of drug-likeness (QED) is 0.607. The van der Waals surface area contributed by atoms with E-state index in [0.717, 1.165) is 36.2 Å². The Morgan fingerprint density at radius 3 is 2.37 bits per heavy atom. The first kappa shape index (κ1) is 14.1. The van der Waals surface area contributed by atoms with Gasteiger partial charge in [0.05, 0.1) is 11.9 Å². The number of hydrogen-bond acceptors (Lipinski definition) is 1. The molecule has 0 unspecified atom stereocenters. The van der Waals surface area contributed by atoms with Crippen LogP contribution in [-0.4, -0.2) is 9.78 Å². The van der Waals surface area contributed by atoms with Crippen LogP contribution in [0, 0.1) is 17.5 Å². The molecular formula is C13H12BrF3N2. The lowest BCUT2D eigenvalue weighted by Crippen LogP contribution is -2.05. The summed E-state index contributed by atoms with van der Waals surface area (Å²) in [4.78, 5) is 0. The summed E-state index contributed by atoms with van der Waals surface area (Å²) in [7, 11) is 0. The average Bonchev–Trinajstić information content (AvgIpc) is 2.79. The molecule has 1 heterocycles. The number of benzene rings is 1. The van der Waals surface area contributed by atoms with E-state index in [9.17, 15) is 13.2 Å². The minimum absolute atomic E-state index is 0.187. The summed E-state index contributed by atoms with van der Waals surface area (Å²) in [5.41, 5.74) is 2.00. The number of aromatic nitrogens is 2. The van der Waals surface area contributed by atoms with Crippen molar-refractivity contribution in [3.8, 4) is 5.69 Å². The predicted octanol–water partition coefficient (Wildman–Crippen LogP) is 4.14. The largest absolute Gasteiger partial charge is 0.237 e. The number of halogens is 4. The molecule has 0 aliphatic carbocycles. The third-order valence-corrected chi connectivity index (χ3v) is 3.40. The van der Waals surface area contributed by atoms with E-state index in [1.165, 1.54) is 4.68 Å². The van der Waals surface area contributed by atoms with E-state index in [4.69, 9.17) is 0 Å². The summed E-state index contributed by atoms with van der Waals surface area (Å²) in [6.07, 6.45) is 3.23. The lowest BCUT2D eigenvalue weighted by molar-refractivity contribution is 0.445. The van der Waals surface area contributed by atoms with Crippen molar-refractivity contribution < 1.29 is 13.2 Å². The standard InChI is InChI=1S/C13H12BrF3N2/c1-2-3-12-8(6-14)7-18-19(12)9-4-10(15)13(17)11(16)5-9/h4-5,7H,2-3,6H2,1H3. The van der Waals surface area contributed by atoms with Gasteiger partial charge in [-0.05, 0) is 6.42 Å². The number of hydrogen-bond donors (Lipinski definition) is 0. The Labute approximate surface area is 117 Å². The van der Waals surface area contributed by atoms with Crippen LogP contribution in [0.1, 0.15) is 24.6 Å². The third kappa shape index (κ3) is 2.68. The molecule has 1 aromatic heterocycles. The lowest BCUT2D eigenvalue weighted by atomic mass is 10.2. The molecule has 0 amide bonds. The highest BCUT2D eigenvalue weighted by atomic mass is 79.9. The second kappa shape index (κ2) is 5.77. The highest BCUT2D eigenvalue weighted by Crippen LogP contribution is 2.22. The van der Waals surface area contributed by atoms with Crippen LogP contribution in [0.3, 0.4) is 0 Å². The zero-order chi connectivity index (χ0) is 14.0. The van der Waals surface area contributed by atoms with Crippen LogP contribution in [0.2, 0.25) is 0 Å². The average molecular weight is 333 g/mol. The normalized spacial score (nSPS) is 11.0. The Balaban J connectivity index is 2.55. The zero-order valence-electron chi connectivity index (χ0n) is 10.3. The van der Waals surface area contributed by atoms with Crippen LogP contribution in [0.5, 0.6) is 0 Å². The van der Waals surface area contributed by atoms with Gasteiger partial charge in [0.2, 0.25) is 0 Å². The highest BCUT2D eigenvalue weighted by molar-refractivity contribution is 9.08. The summed E-state index contributed by atoms with van der Waals surface area (Å²) < 4.78 is 40.9. The molecule has 0 fully saturated rings. The molecule has 0 radical (unpaired) electrons. The zero-order valence-corrected chi connectivity index (χ0v) is 11.8. The smallest absolute Gasteiger partial charge is 0.194 e. The van der Waals surface area contributed by atoms with Gasteiger partial charge in [-0.3, -0.25) is 0 Å². The van der Waals surface area contributed by atoms with Gasteiger partial charge in [-0.2, -0.15) is 5.10 Å². The minimum atomic E-state index is -1.46. The maximum atomic E-state index is 13.3. The second-order valence-corrected chi connectivity index (χ2v) is 4.70. The van der Waals surface area contributed by atoms with E-state index in [0.29, 0.717) is 5.33 Å². The fraction of sp³-hybridized carbons (Fsp3) is 0.308. The first-order valence-corrected chi connectivity index (χ1v) is 6.97. The van der Waals surface area contributed by atoms with Crippen LogP contribution >= 0.6 is 15.9 Å². The van der Waals surface area contributed by atoms with Crippen molar-refractivity contribution in [2.75, 3.05) is 0 Å². The Morgan fingerprint density at radius 2 is 1.84 bits per heavy atom. The molecule has 2 aromatic rings. The van der Waals surface area contributed by atoms with Crippen LogP contribution in [-0.2, 0) is 11.8 Å². The number of nitrogens with zero attached hydrogens (tertiary/aromatic N) is 2. The summed E-state index contributed by atoms with van der Waals surface area (Å²) in [6.45, 7) is 2.00. The third-order valence-electron chi connectivity index (χ3n) is 2.80. The predicted molar refractivity (Wildman–Crippen MR) is 70.1 cm³/mol. The molecule has 2 nitrogen and oxygen atoms in total. The first-order chi connectivity index (χ1) is 9.08. The first-order valence-electron chi connectivity index (χ1n) is 5.85. The van der Waals surface area contributed by atoms with Gasteiger partial charge in [0.25, 0.3) is 0 Å². The summed E-state index contributed by atoms with van der Waals surface area (Å²) in [5.74, 6) is -3.89. The van der Waals surface area contributed by atoms with Crippen molar-refractivity contribution in [2.45, 2.75) is 25.1 Å². The molecular weight excluding hydrogens is 321 g/mol. The lowest BCUT2D eigenvalue weighted by Gasteiger charge is -2.09. The van der Waals surface area contributed by atoms with Gasteiger partial charge in [-0.1, -0.05) is 29.3 Å². The van der Waals surface area contributed by atoms with Gasteiger partial charge in [0.15, 0.2) is 17.5 Å². The van der Waals surface area contributed by atoms with Gasteiger partial charge in [-0.25, -0.2) is 17.9 Å². The van der Waals surface area contributed by atoms with Crippen molar-refractivity contribution in [3.63, 3.8) is 0 Å². The van der Waals surface area contributed by atoms with Crippen LogP contribution < -0.4 is 0 Å². The maximum Gasteiger partial charge on any atom is 0.194 e. The Morgan fingerprint density at radius 1 is 1.21 bits per heavy atom. The fourth-order valence-corrected chi connectivity index (χ4v) is 2.38.